The summed E-state index contributed by atoms with van der Waals surface area (Å²) in [4.78, 5) is 21.7. The van der Waals surface area contributed by atoms with E-state index in [1.165, 1.54) is 0 Å². The van der Waals surface area contributed by atoms with Gasteiger partial charge in [-0.15, -0.1) is 24.8 Å². The Morgan fingerprint density at radius 2 is 1.90 bits per heavy atom. The lowest BCUT2D eigenvalue weighted by molar-refractivity contribution is -0.139. The number of oxazole rings is 1. The second-order valence-electron chi connectivity index (χ2n) is 7.76. The summed E-state index contributed by atoms with van der Waals surface area (Å²) in [5.74, 6) is 0.425. The molecule has 1 aromatic carbocycles. The average Bonchev–Trinajstić information content (AvgIpc) is 3.17. The predicted molar refractivity (Wildman–Crippen MR) is 116 cm³/mol. The number of hydrogen-bond acceptors (Lipinski definition) is 6. The number of para-hydroxylation sites is 2. The zero-order valence-corrected chi connectivity index (χ0v) is 17.9. The third-order valence-corrected chi connectivity index (χ3v) is 6.12. The second-order valence-corrected chi connectivity index (χ2v) is 7.76. The number of nitrogens with one attached hydrogen (secondary N) is 1. The van der Waals surface area contributed by atoms with Crippen LogP contribution < -0.4 is 10.2 Å². The lowest BCUT2D eigenvalue weighted by atomic mass is 9.82. The summed E-state index contributed by atoms with van der Waals surface area (Å²) in [5.41, 5.74) is 1.69. The molecule has 9 heteroatoms. The molecule has 1 N–H and O–H groups in total. The van der Waals surface area contributed by atoms with Gasteiger partial charge in [-0.05, 0) is 31.4 Å². The minimum Gasteiger partial charge on any atom is -0.423 e. The van der Waals surface area contributed by atoms with Gasteiger partial charge in [0, 0.05) is 44.7 Å². The van der Waals surface area contributed by atoms with E-state index < -0.39 is 0 Å². The van der Waals surface area contributed by atoms with Gasteiger partial charge in [0.1, 0.15) is 5.52 Å². The number of piperazine rings is 1. The van der Waals surface area contributed by atoms with Crippen molar-refractivity contribution in [3.63, 3.8) is 0 Å². The number of rotatable bonds is 2. The number of hydrogen-bond donors (Lipinski definition) is 1. The van der Waals surface area contributed by atoms with E-state index in [4.69, 9.17) is 9.15 Å². The maximum Gasteiger partial charge on any atom is 0.298 e. The van der Waals surface area contributed by atoms with Gasteiger partial charge in [0.05, 0.1) is 12.7 Å². The maximum atomic E-state index is 13.0. The number of amides is 1. The number of carbonyl (C=O) groups excluding carboxylic acids is 1. The van der Waals surface area contributed by atoms with Crippen LogP contribution in [0.4, 0.5) is 6.01 Å². The molecule has 3 atom stereocenters. The average molecular weight is 443 g/mol. The van der Waals surface area contributed by atoms with Crippen molar-refractivity contribution in [1.29, 1.82) is 0 Å². The van der Waals surface area contributed by atoms with Crippen LogP contribution in [0.1, 0.15) is 19.3 Å². The van der Waals surface area contributed by atoms with Crippen molar-refractivity contribution in [3.8, 4) is 0 Å². The van der Waals surface area contributed by atoms with Gasteiger partial charge in [-0.2, -0.15) is 4.98 Å². The zero-order chi connectivity index (χ0) is 18.2. The summed E-state index contributed by atoms with van der Waals surface area (Å²) in [5, 5.41) is 3.53. The molecule has 5 rings (SSSR count). The van der Waals surface area contributed by atoms with E-state index in [-0.39, 0.29) is 30.7 Å². The highest BCUT2D eigenvalue weighted by Crippen LogP contribution is 2.30. The molecule has 1 amide bonds. The molecule has 7 nitrogen and oxygen atoms in total. The van der Waals surface area contributed by atoms with Crippen molar-refractivity contribution >= 4 is 47.8 Å². The molecular weight excluding hydrogens is 415 g/mol. The van der Waals surface area contributed by atoms with Crippen molar-refractivity contribution in [2.24, 2.45) is 5.92 Å². The lowest BCUT2D eigenvalue weighted by Gasteiger charge is -2.41. The number of carbonyl (C=O) groups is 1. The first-order valence-corrected chi connectivity index (χ1v) is 10.0. The van der Waals surface area contributed by atoms with Gasteiger partial charge in [-0.25, -0.2) is 0 Å². The van der Waals surface area contributed by atoms with E-state index in [1.807, 2.05) is 29.2 Å². The second kappa shape index (κ2) is 9.51. The van der Waals surface area contributed by atoms with E-state index in [2.05, 4.69) is 15.2 Å². The molecular formula is C20H28Cl2N4O3. The smallest absolute Gasteiger partial charge is 0.298 e. The number of nitrogens with zero attached hydrogens (tertiary/aromatic N) is 3. The highest BCUT2D eigenvalue weighted by atomic mass is 35.5. The molecule has 0 radical (unpaired) electrons. The van der Waals surface area contributed by atoms with Crippen molar-refractivity contribution in [3.05, 3.63) is 24.3 Å². The van der Waals surface area contributed by atoms with E-state index >= 15 is 0 Å². The van der Waals surface area contributed by atoms with Crippen LogP contribution in [-0.4, -0.2) is 67.3 Å². The minimum atomic E-state index is 0. The third-order valence-electron chi connectivity index (χ3n) is 6.12. The molecule has 0 unspecified atom stereocenters. The summed E-state index contributed by atoms with van der Waals surface area (Å²) in [6, 6.07) is 8.81. The molecule has 3 aliphatic rings. The highest BCUT2D eigenvalue weighted by molar-refractivity contribution is 5.85. The van der Waals surface area contributed by atoms with E-state index in [9.17, 15) is 4.79 Å². The molecule has 1 saturated carbocycles. The Labute approximate surface area is 183 Å². The summed E-state index contributed by atoms with van der Waals surface area (Å²) in [6.07, 6.45) is 3.11. The summed E-state index contributed by atoms with van der Waals surface area (Å²) < 4.78 is 11.7. The fourth-order valence-electron chi connectivity index (χ4n) is 4.61. The van der Waals surface area contributed by atoms with Crippen LogP contribution in [0.15, 0.2) is 28.7 Å². The Hall–Kier alpha value is -1.54. The van der Waals surface area contributed by atoms with E-state index in [1.54, 1.807) is 0 Å². The highest BCUT2D eigenvalue weighted by Gasteiger charge is 2.38. The number of ether oxygens (including phenoxy) is 1. The fraction of sp³-hybridized carbons (Fsp3) is 0.600. The normalized spacial score (nSPS) is 27.0. The van der Waals surface area contributed by atoms with Gasteiger partial charge in [0.15, 0.2) is 5.58 Å². The van der Waals surface area contributed by atoms with Crippen LogP contribution in [-0.2, 0) is 9.53 Å². The topological polar surface area (TPSA) is 70.8 Å². The zero-order valence-electron chi connectivity index (χ0n) is 16.3. The lowest BCUT2D eigenvalue weighted by Crippen LogP contribution is -2.55. The number of fused-ring (bicyclic) bond motifs is 2. The van der Waals surface area contributed by atoms with Gasteiger partial charge in [-0.3, -0.25) is 4.79 Å². The van der Waals surface area contributed by atoms with Crippen LogP contribution in [0.2, 0.25) is 0 Å². The largest absolute Gasteiger partial charge is 0.423 e. The molecule has 2 saturated heterocycles. The van der Waals surface area contributed by atoms with Crippen LogP contribution in [0.3, 0.4) is 0 Å². The number of benzene rings is 1. The molecule has 3 fully saturated rings. The minimum absolute atomic E-state index is 0. The van der Waals surface area contributed by atoms with E-state index in [0.29, 0.717) is 24.1 Å². The van der Waals surface area contributed by atoms with E-state index in [0.717, 1.165) is 69.7 Å². The quantitative estimate of drug-likeness (QED) is 0.769. The standard InChI is InChI=1S/C20H26N4O3.2ClH/c25-19(14-5-6-17-16(13-14)21-7-12-26-17)23-8-10-24(11-9-23)20-22-15-3-1-2-4-18(15)27-20;;/h1-4,14,16-17,21H,5-13H2;2*1H/t14-,16+,17+;;/m0../s1. The Morgan fingerprint density at radius 3 is 2.69 bits per heavy atom. The Bertz CT molecular complexity index is 792. The summed E-state index contributed by atoms with van der Waals surface area (Å²) in [6.45, 7) is 4.67. The Balaban J connectivity index is 0.00000120. The summed E-state index contributed by atoms with van der Waals surface area (Å²) in [7, 11) is 0. The van der Waals surface area contributed by atoms with Crippen molar-refractivity contribution in [1.82, 2.24) is 15.2 Å². The van der Waals surface area contributed by atoms with Gasteiger partial charge in [0.25, 0.3) is 6.01 Å². The number of anilines is 1. The molecule has 2 aliphatic heterocycles. The first-order valence-electron chi connectivity index (χ1n) is 10.0. The van der Waals surface area contributed by atoms with Crippen molar-refractivity contribution < 1.29 is 13.9 Å². The first kappa shape index (κ1) is 22.2. The summed E-state index contributed by atoms with van der Waals surface area (Å²) >= 11 is 0. The SMILES string of the molecule is Cl.Cl.O=C([C@H]1CC[C@H]2OCCN[C@@H]2C1)N1CCN(c2nc3ccccc3o2)CC1. The first-order chi connectivity index (χ1) is 13.3. The van der Waals surface area contributed by atoms with Gasteiger partial charge in [0.2, 0.25) is 5.91 Å². The fourth-order valence-corrected chi connectivity index (χ4v) is 4.61. The van der Waals surface area contributed by atoms with Crippen LogP contribution in [0, 0.1) is 5.92 Å². The molecule has 1 aliphatic carbocycles. The Morgan fingerprint density at radius 1 is 1.10 bits per heavy atom. The van der Waals surface area contributed by atoms with Crippen molar-refractivity contribution in [2.45, 2.75) is 31.4 Å². The van der Waals surface area contributed by atoms with Gasteiger partial charge < -0.3 is 24.3 Å². The molecule has 29 heavy (non-hydrogen) atoms. The van der Waals surface area contributed by atoms with Gasteiger partial charge in [-0.1, -0.05) is 12.1 Å². The molecule has 0 spiro atoms. The van der Waals surface area contributed by atoms with Crippen molar-refractivity contribution in [2.75, 3.05) is 44.2 Å². The molecule has 3 heterocycles. The molecule has 0 bridgehead atoms. The number of halogens is 2. The third kappa shape index (κ3) is 4.48. The number of aromatic nitrogens is 1. The van der Waals surface area contributed by atoms with Crippen LogP contribution in [0.5, 0.6) is 0 Å². The Kier molecular flexibility index (Phi) is 7.27. The predicted octanol–water partition coefficient (Wildman–Crippen LogP) is 2.48. The molecule has 1 aromatic heterocycles. The number of morpholine rings is 1. The van der Waals surface area contributed by atoms with Crippen LogP contribution >= 0.6 is 24.8 Å². The maximum absolute atomic E-state index is 13.0. The van der Waals surface area contributed by atoms with Gasteiger partial charge >= 0.3 is 0 Å². The molecule has 2 aromatic rings. The van der Waals surface area contributed by atoms with Crippen LogP contribution in [0.25, 0.3) is 11.1 Å². The monoisotopic (exact) mass is 442 g/mol. The molecule has 160 valence electrons.